The van der Waals surface area contributed by atoms with Crippen molar-refractivity contribution in [2.45, 2.75) is 11.3 Å². The number of rotatable bonds is 4. The second-order valence-electron chi connectivity index (χ2n) is 4.57. The molecule has 0 fully saturated rings. The molecular weight excluding hydrogens is 283 g/mol. The van der Waals surface area contributed by atoms with Crippen molar-refractivity contribution >= 4 is 15.7 Å². The van der Waals surface area contributed by atoms with Crippen LogP contribution in [0.4, 0.5) is 10.1 Å². The number of sulfonamides is 1. The number of ether oxygens (including phenoxy) is 1. The van der Waals surface area contributed by atoms with Gasteiger partial charge >= 0.3 is 0 Å². The van der Waals surface area contributed by atoms with Crippen molar-refractivity contribution in [3.8, 4) is 0 Å². The molecule has 2 N–H and O–H groups in total. The summed E-state index contributed by atoms with van der Waals surface area (Å²) in [5.74, 6) is -0.823. The minimum atomic E-state index is -3.91. The Morgan fingerprint density at radius 1 is 1.45 bits per heavy atom. The van der Waals surface area contributed by atoms with Gasteiger partial charge in [0.05, 0.1) is 12.3 Å². The third-order valence-corrected chi connectivity index (χ3v) is 5.15. The van der Waals surface area contributed by atoms with Crippen LogP contribution in [0.15, 0.2) is 34.7 Å². The highest BCUT2D eigenvalue weighted by Crippen LogP contribution is 2.27. The number of methoxy groups -OCH3 is 1. The molecule has 1 aliphatic rings. The van der Waals surface area contributed by atoms with Crippen molar-refractivity contribution in [2.24, 2.45) is 0 Å². The summed E-state index contributed by atoms with van der Waals surface area (Å²) in [5.41, 5.74) is 6.58. The molecule has 0 aliphatic carbocycles. The van der Waals surface area contributed by atoms with Crippen LogP contribution in [0, 0.1) is 5.82 Å². The van der Waals surface area contributed by atoms with Crippen molar-refractivity contribution in [2.75, 3.05) is 32.5 Å². The van der Waals surface area contributed by atoms with Gasteiger partial charge in [0.15, 0.2) is 0 Å². The summed E-state index contributed by atoms with van der Waals surface area (Å²) in [4.78, 5) is -0.441. The second kappa shape index (κ2) is 5.90. The Bertz CT molecular complexity index is 608. The standard InChI is InChI=1S/C13H17FN2O3S/c1-19-9-10-5-7-16(8-6-10)20(17,18)13-11(14)3-2-4-12(13)15/h2-5H,6-9,15H2,1H3. The Balaban J connectivity index is 2.29. The first-order chi connectivity index (χ1) is 9.46. The first-order valence-corrected chi connectivity index (χ1v) is 7.62. The summed E-state index contributed by atoms with van der Waals surface area (Å²) >= 11 is 0. The van der Waals surface area contributed by atoms with E-state index < -0.39 is 20.7 Å². The van der Waals surface area contributed by atoms with E-state index in [1.54, 1.807) is 13.2 Å². The monoisotopic (exact) mass is 300 g/mol. The fourth-order valence-corrected chi connectivity index (χ4v) is 3.70. The van der Waals surface area contributed by atoms with Gasteiger partial charge in [-0.2, -0.15) is 4.31 Å². The molecule has 2 rings (SSSR count). The van der Waals surface area contributed by atoms with Gasteiger partial charge in [0.25, 0.3) is 0 Å². The molecule has 0 amide bonds. The lowest BCUT2D eigenvalue weighted by Crippen LogP contribution is -2.36. The average molecular weight is 300 g/mol. The van der Waals surface area contributed by atoms with Crippen molar-refractivity contribution in [1.29, 1.82) is 0 Å². The van der Waals surface area contributed by atoms with Gasteiger partial charge in [-0.25, -0.2) is 12.8 Å². The van der Waals surface area contributed by atoms with E-state index in [2.05, 4.69) is 0 Å². The fraction of sp³-hybridized carbons (Fsp3) is 0.385. The number of benzene rings is 1. The van der Waals surface area contributed by atoms with Crippen molar-refractivity contribution in [3.63, 3.8) is 0 Å². The van der Waals surface area contributed by atoms with Gasteiger partial charge in [0.2, 0.25) is 10.0 Å². The highest BCUT2D eigenvalue weighted by molar-refractivity contribution is 7.89. The number of halogens is 1. The van der Waals surface area contributed by atoms with Gasteiger partial charge in [-0.15, -0.1) is 0 Å². The lowest BCUT2D eigenvalue weighted by Gasteiger charge is -2.26. The zero-order chi connectivity index (χ0) is 14.8. The smallest absolute Gasteiger partial charge is 0.248 e. The molecule has 1 heterocycles. The summed E-state index contributed by atoms with van der Waals surface area (Å²) in [5, 5.41) is 0. The van der Waals surface area contributed by atoms with E-state index in [-0.39, 0.29) is 12.2 Å². The Kier molecular flexibility index (Phi) is 4.42. The number of nitrogens with zero attached hydrogens (tertiary/aromatic N) is 1. The Hall–Kier alpha value is -1.44. The van der Waals surface area contributed by atoms with Gasteiger partial charge in [-0.1, -0.05) is 12.1 Å². The zero-order valence-electron chi connectivity index (χ0n) is 11.2. The number of nitrogens with two attached hydrogens (primary N) is 1. The van der Waals surface area contributed by atoms with Crippen LogP contribution in [0.3, 0.4) is 0 Å². The largest absolute Gasteiger partial charge is 0.398 e. The fourth-order valence-electron chi connectivity index (χ4n) is 2.15. The summed E-state index contributed by atoms with van der Waals surface area (Å²) in [6.07, 6.45) is 2.36. The molecule has 0 saturated heterocycles. The first-order valence-electron chi connectivity index (χ1n) is 6.18. The predicted molar refractivity (Wildman–Crippen MR) is 74.1 cm³/mol. The predicted octanol–water partition coefficient (Wildman–Crippen LogP) is 1.38. The maximum atomic E-state index is 13.8. The van der Waals surface area contributed by atoms with Gasteiger partial charge in [-0.05, 0) is 24.1 Å². The minimum Gasteiger partial charge on any atom is -0.398 e. The van der Waals surface area contributed by atoms with Crippen LogP contribution in [0.5, 0.6) is 0 Å². The molecule has 5 nitrogen and oxygen atoms in total. The normalized spacial score (nSPS) is 17.0. The first kappa shape index (κ1) is 15.0. The summed E-state index contributed by atoms with van der Waals surface area (Å²) in [6, 6.07) is 3.86. The van der Waals surface area contributed by atoms with Crippen molar-refractivity contribution in [3.05, 3.63) is 35.7 Å². The van der Waals surface area contributed by atoms with E-state index in [0.29, 0.717) is 19.6 Å². The molecule has 110 valence electrons. The number of nitrogen functional groups attached to an aromatic ring is 1. The highest BCUT2D eigenvalue weighted by atomic mass is 32.2. The maximum absolute atomic E-state index is 13.8. The van der Waals surface area contributed by atoms with Crippen LogP contribution < -0.4 is 5.73 Å². The summed E-state index contributed by atoms with van der Waals surface area (Å²) in [6.45, 7) is 0.982. The lowest BCUT2D eigenvalue weighted by atomic mass is 10.1. The lowest BCUT2D eigenvalue weighted by molar-refractivity contribution is 0.219. The van der Waals surface area contributed by atoms with E-state index in [9.17, 15) is 12.8 Å². The molecule has 7 heteroatoms. The molecule has 0 aromatic heterocycles. The Labute approximate surface area is 117 Å². The molecule has 0 atom stereocenters. The molecule has 0 radical (unpaired) electrons. The van der Waals surface area contributed by atoms with Crippen LogP contribution in [-0.4, -0.2) is 39.5 Å². The molecule has 1 aromatic carbocycles. The summed E-state index contributed by atoms with van der Waals surface area (Å²) in [7, 11) is -2.33. The minimum absolute atomic E-state index is 0.0725. The maximum Gasteiger partial charge on any atom is 0.248 e. The molecule has 0 spiro atoms. The number of hydrogen-bond acceptors (Lipinski definition) is 4. The van der Waals surface area contributed by atoms with Gasteiger partial charge in [0, 0.05) is 20.2 Å². The Morgan fingerprint density at radius 3 is 2.75 bits per heavy atom. The van der Waals surface area contributed by atoms with Crippen LogP contribution >= 0.6 is 0 Å². The molecular formula is C13H17FN2O3S. The number of hydrogen-bond donors (Lipinski definition) is 1. The van der Waals surface area contributed by atoms with Crippen LogP contribution in [0.25, 0.3) is 0 Å². The molecule has 0 unspecified atom stereocenters. The second-order valence-corrected chi connectivity index (χ2v) is 6.44. The zero-order valence-corrected chi connectivity index (χ0v) is 12.0. The molecule has 1 aliphatic heterocycles. The van der Waals surface area contributed by atoms with Gasteiger partial charge in [0.1, 0.15) is 10.7 Å². The third-order valence-electron chi connectivity index (χ3n) is 3.19. The molecule has 20 heavy (non-hydrogen) atoms. The molecule has 0 saturated carbocycles. The van der Waals surface area contributed by atoms with E-state index in [1.807, 2.05) is 0 Å². The molecule has 0 bridgehead atoms. The average Bonchev–Trinajstić information content (AvgIpc) is 2.39. The van der Waals surface area contributed by atoms with E-state index in [1.165, 1.54) is 16.4 Å². The number of anilines is 1. The van der Waals surface area contributed by atoms with Gasteiger partial charge in [-0.3, -0.25) is 0 Å². The van der Waals surface area contributed by atoms with Crippen molar-refractivity contribution < 1.29 is 17.5 Å². The Morgan fingerprint density at radius 2 is 2.20 bits per heavy atom. The van der Waals surface area contributed by atoms with E-state index in [0.717, 1.165) is 11.6 Å². The van der Waals surface area contributed by atoms with Crippen LogP contribution in [-0.2, 0) is 14.8 Å². The topological polar surface area (TPSA) is 72.6 Å². The van der Waals surface area contributed by atoms with Gasteiger partial charge < -0.3 is 10.5 Å². The third kappa shape index (κ3) is 2.84. The quantitative estimate of drug-likeness (QED) is 0.673. The van der Waals surface area contributed by atoms with Crippen molar-refractivity contribution in [1.82, 2.24) is 4.31 Å². The summed E-state index contributed by atoms with van der Waals surface area (Å²) < 4.78 is 44.9. The van der Waals surface area contributed by atoms with E-state index >= 15 is 0 Å². The highest BCUT2D eigenvalue weighted by Gasteiger charge is 2.30. The molecule has 1 aromatic rings. The van der Waals surface area contributed by atoms with Crippen LogP contribution in [0.2, 0.25) is 0 Å². The van der Waals surface area contributed by atoms with Crippen LogP contribution in [0.1, 0.15) is 6.42 Å². The van der Waals surface area contributed by atoms with E-state index in [4.69, 9.17) is 10.5 Å². The SMILES string of the molecule is COCC1=CCN(S(=O)(=O)c2c(N)cccc2F)CC1.